The number of carbonyl (C=O) groups excluding carboxylic acids is 1. The summed E-state index contributed by atoms with van der Waals surface area (Å²) < 4.78 is 3.63. The Labute approximate surface area is 138 Å². The fourth-order valence-corrected chi connectivity index (χ4v) is 3.09. The van der Waals surface area contributed by atoms with Crippen LogP contribution in [0.25, 0.3) is 5.69 Å². The lowest BCUT2D eigenvalue weighted by Gasteiger charge is -2.24. The maximum absolute atomic E-state index is 12.9. The average Bonchev–Trinajstić information content (AvgIpc) is 3.37. The minimum Gasteiger partial charge on any atom is -0.332 e. The molecule has 0 aliphatic carbocycles. The van der Waals surface area contributed by atoms with E-state index in [2.05, 4.69) is 20.3 Å². The molecule has 3 aromatic rings. The number of rotatable bonds is 4. The van der Waals surface area contributed by atoms with Gasteiger partial charge >= 0.3 is 0 Å². The van der Waals surface area contributed by atoms with Crippen LogP contribution >= 0.6 is 0 Å². The summed E-state index contributed by atoms with van der Waals surface area (Å²) in [5.74, 6) is -0.0421. The molecular weight excluding hydrogens is 306 g/mol. The molecule has 1 saturated heterocycles. The number of carbonyl (C=O) groups is 1. The van der Waals surface area contributed by atoms with Crippen LogP contribution in [0.15, 0.2) is 49.4 Å². The molecule has 0 bridgehead atoms. The van der Waals surface area contributed by atoms with Crippen molar-refractivity contribution in [3.63, 3.8) is 0 Å². The van der Waals surface area contributed by atoms with Crippen molar-refractivity contribution in [2.24, 2.45) is 0 Å². The first-order valence-corrected chi connectivity index (χ1v) is 7.91. The van der Waals surface area contributed by atoms with Gasteiger partial charge in [0, 0.05) is 31.3 Å². The molecular formula is C16H17N7O. The summed E-state index contributed by atoms with van der Waals surface area (Å²) in [4.78, 5) is 23.1. The van der Waals surface area contributed by atoms with Crippen molar-refractivity contribution < 1.29 is 4.79 Å². The summed E-state index contributed by atoms with van der Waals surface area (Å²) >= 11 is 0. The molecule has 1 atom stereocenters. The molecule has 8 heteroatoms. The number of aromatic nitrogens is 6. The Morgan fingerprint density at radius 1 is 1.25 bits per heavy atom. The highest BCUT2D eigenvalue weighted by molar-refractivity contribution is 5.93. The summed E-state index contributed by atoms with van der Waals surface area (Å²) in [6.07, 6.45) is 12.3. The average molecular weight is 323 g/mol. The van der Waals surface area contributed by atoms with Gasteiger partial charge in [-0.3, -0.25) is 14.5 Å². The second-order valence-electron chi connectivity index (χ2n) is 5.79. The fraction of sp³-hybridized carbons (Fsp3) is 0.312. The molecule has 122 valence electrons. The van der Waals surface area contributed by atoms with Gasteiger partial charge in [0.05, 0.1) is 30.8 Å². The van der Waals surface area contributed by atoms with Gasteiger partial charge in [-0.1, -0.05) is 5.21 Å². The third-order valence-electron chi connectivity index (χ3n) is 4.27. The van der Waals surface area contributed by atoms with E-state index in [1.165, 1.54) is 0 Å². The second-order valence-corrected chi connectivity index (χ2v) is 5.79. The van der Waals surface area contributed by atoms with Crippen LogP contribution < -0.4 is 0 Å². The van der Waals surface area contributed by atoms with Gasteiger partial charge in [0.1, 0.15) is 5.69 Å². The minimum absolute atomic E-state index is 0.0421. The first kappa shape index (κ1) is 14.6. The number of hydrogen-bond acceptors (Lipinski definition) is 5. The lowest BCUT2D eigenvalue weighted by Crippen LogP contribution is -2.38. The van der Waals surface area contributed by atoms with Gasteiger partial charge in [-0.25, -0.2) is 4.98 Å². The molecule has 0 N–H and O–H groups in total. The standard InChI is InChI=1S/C16H17N7O/c24-16(15-10-13(3-4-18-15)21-8-5-17-12-21)23-7-1-2-14(23)11-22-9-6-19-20-22/h3-6,8-10,12,14H,1-2,7,11H2/t14-/m0/s1. The van der Waals surface area contributed by atoms with Crippen molar-refractivity contribution in [2.75, 3.05) is 6.54 Å². The molecule has 0 saturated carbocycles. The Morgan fingerprint density at radius 3 is 3.00 bits per heavy atom. The first-order chi connectivity index (χ1) is 11.8. The van der Waals surface area contributed by atoms with Crippen molar-refractivity contribution in [3.05, 3.63) is 55.1 Å². The van der Waals surface area contributed by atoms with Gasteiger partial charge in [-0.05, 0) is 25.0 Å². The topological polar surface area (TPSA) is 81.7 Å². The predicted octanol–water partition coefficient (Wildman–Crippen LogP) is 1.16. The number of imidazole rings is 1. The van der Waals surface area contributed by atoms with Crippen LogP contribution in [0, 0.1) is 0 Å². The monoisotopic (exact) mass is 323 g/mol. The van der Waals surface area contributed by atoms with Gasteiger partial charge < -0.3 is 9.47 Å². The Bertz CT molecular complexity index is 813. The van der Waals surface area contributed by atoms with Gasteiger partial charge in [0.25, 0.3) is 5.91 Å². The summed E-state index contributed by atoms with van der Waals surface area (Å²) in [6.45, 7) is 1.40. The summed E-state index contributed by atoms with van der Waals surface area (Å²) in [5, 5.41) is 7.82. The van der Waals surface area contributed by atoms with E-state index in [4.69, 9.17) is 0 Å². The molecule has 8 nitrogen and oxygen atoms in total. The SMILES string of the molecule is O=C(c1cc(-n2ccnc2)ccn1)N1CCC[C@H]1Cn1ccnn1. The minimum atomic E-state index is -0.0421. The molecule has 4 heterocycles. The highest BCUT2D eigenvalue weighted by atomic mass is 16.2. The summed E-state index contributed by atoms with van der Waals surface area (Å²) in [7, 11) is 0. The Morgan fingerprint density at radius 2 is 2.21 bits per heavy atom. The van der Waals surface area contributed by atoms with Crippen molar-refractivity contribution in [3.8, 4) is 5.69 Å². The van der Waals surface area contributed by atoms with Crippen LogP contribution in [0.1, 0.15) is 23.3 Å². The zero-order chi connectivity index (χ0) is 16.4. The molecule has 24 heavy (non-hydrogen) atoms. The van der Waals surface area contributed by atoms with Gasteiger partial charge in [-0.15, -0.1) is 5.10 Å². The molecule has 0 radical (unpaired) electrons. The van der Waals surface area contributed by atoms with E-state index in [0.717, 1.165) is 25.1 Å². The highest BCUT2D eigenvalue weighted by Crippen LogP contribution is 2.21. The molecule has 4 rings (SSSR count). The smallest absolute Gasteiger partial charge is 0.272 e. The number of likely N-dealkylation sites (tertiary alicyclic amines) is 1. The lowest BCUT2D eigenvalue weighted by atomic mass is 10.2. The zero-order valence-corrected chi connectivity index (χ0v) is 13.1. The van der Waals surface area contributed by atoms with Crippen LogP contribution in [0.2, 0.25) is 0 Å². The van der Waals surface area contributed by atoms with E-state index >= 15 is 0 Å². The third-order valence-corrected chi connectivity index (χ3v) is 4.27. The van der Waals surface area contributed by atoms with Crippen molar-refractivity contribution in [1.29, 1.82) is 0 Å². The maximum Gasteiger partial charge on any atom is 0.272 e. The summed E-state index contributed by atoms with van der Waals surface area (Å²) in [5.41, 5.74) is 1.32. The van der Waals surface area contributed by atoms with Crippen LogP contribution in [0.4, 0.5) is 0 Å². The molecule has 0 unspecified atom stereocenters. The van der Waals surface area contributed by atoms with Gasteiger partial charge in [-0.2, -0.15) is 0 Å². The Balaban J connectivity index is 1.55. The zero-order valence-electron chi connectivity index (χ0n) is 13.1. The quantitative estimate of drug-likeness (QED) is 0.720. The lowest BCUT2D eigenvalue weighted by molar-refractivity contribution is 0.0715. The van der Waals surface area contributed by atoms with Crippen molar-refractivity contribution in [2.45, 2.75) is 25.4 Å². The number of pyridine rings is 1. The summed E-state index contributed by atoms with van der Waals surface area (Å²) in [6, 6.07) is 3.78. The van der Waals surface area contributed by atoms with Gasteiger partial charge in [0.2, 0.25) is 0 Å². The molecule has 1 fully saturated rings. The number of hydrogen-bond donors (Lipinski definition) is 0. The predicted molar refractivity (Wildman–Crippen MR) is 85.4 cm³/mol. The van der Waals surface area contributed by atoms with Crippen molar-refractivity contribution >= 4 is 5.91 Å². The fourth-order valence-electron chi connectivity index (χ4n) is 3.09. The molecule has 1 aliphatic heterocycles. The van der Waals surface area contributed by atoms with E-state index < -0.39 is 0 Å². The van der Waals surface area contributed by atoms with E-state index in [1.807, 2.05) is 27.9 Å². The van der Waals surface area contributed by atoms with E-state index in [1.54, 1.807) is 35.7 Å². The number of amides is 1. The van der Waals surface area contributed by atoms with Crippen LogP contribution in [0.3, 0.4) is 0 Å². The van der Waals surface area contributed by atoms with E-state index in [0.29, 0.717) is 12.2 Å². The number of nitrogens with zero attached hydrogens (tertiary/aromatic N) is 7. The van der Waals surface area contributed by atoms with Crippen LogP contribution in [-0.2, 0) is 6.54 Å². The molecule has 1 aliphatic rings. The highest BCUT2D eigenvalue weighted by Gasteiger charge is 2.30. The molecule has 3 aromatic heterocycles. The maximum atomic E-state index is 12.9. The first-order valence-electron chi connectivity index (χ1n) is 7.91. The van der Waals surface area contributed by atoms with E-state index in [9.17, 15) is 4.79 Å². The normalized spacial score (nSPS) is 17.3. The van der Waals surface area contributed by atoms with E-state index in [-0.39, 0.29) is 11.9 Å². The molecule has 1 amide bonds. The van der Waals surface area contributed by atoms with Crippen LogP contribution in [0.5, 0.6) is 0 Å². The van der Waals surface area contributed by atoms with Crippen molar-refractivity contribution in [1.82, 2.24) is 34.4 Å². The molecule has 0 spiro atoms. The largest absolute Gasteiger partial charge is 0.332 e. The second kappa shape index (κ2) is 6.23. The molecule has 0 aromatic carbocycles. The van der Waals surface area contributed by atoms with Gasteiger partial charge in [0.15, 0.2) is 0 Å². The Hall–Kier alpha value is -3.03. The Kier molecular flexibility index (Phi) is 3.78. The third kappa shape index (κ3) is 2.78. The van der Waals surface area contributed by atoms with Crippen LogP contribution in [-0.4, -0.2) is 52.9 Å².